The molecule has 1 N–H and O–H groups in total. The molecule has 0 bridgehead atoms. The van der Waals surface area contributed by atoms with Gasteiger partial charge in [-0.05, 0) is 43.3 Å². The van der Waals surface area contributed by atoms with Gasteiger partial charge in [-0.25, -0.2) is 8.42 Å². The summed E-state index contributed by atoms with van der Waals surface area (Å²) in [6.45, 7) is 2.83. The van der Waals surface area contributed by atoms with Crippen LogP contribution >= 0.6 is 11.3 Å². The molecule has 3 rings (SSSR count). The Labute approximate surface area is 145 Å². The summed E-state index contributed by atoms with van der Waals surface area (Å²) in [6.07, 6.45) is 4.31. The van der Waals surface area contributed by atoms with Gasteiger partial charge in [0.05, 0.1) is 12.3 Å². The summed E-state index contributed by atoms with van der Waals surface area (Å²) in [5, 5.41) is 4.44. The Morgan fingerprint density at radius 3 is 2.71 bits per heavy atom. The number of piperidine rings is 1. The van der Waals surface area contributed by atoms with Crippen molar-refractivity contribution >= 4 is 27.3 Å². The number of hydrogen-bond acceptors (Lipinski definition) is 5. The molecule has 6 nitrogen and oxygen atoms in total. The highest BCUT2D eigenvalue weighted by molar-refractivity contribution is 7.89. The molecular weight excluding hydrogens is 348 g/mol. The molecule has 0 saturated carbocycles. The number of carbonyl (C=O) groups is 1. The Hall–Kier alpha value is -1.64. The lowest BCUT2D eigenvalue weighted by Crippen LogP contribution is -2.36. The highest BCUT2D eigenvalue weighted by atomic mass is 32.2. The largest absolute Gasteiger partial charge is 0.467 e. The van der Waals surface area contributed by atoms with Crippen molar-refractivity contribution in [1.29, 1.82) is 0 Å². The van der Waals surface area contributed by atoms with E-state index in [1.807, 2.05) is 0 Å². The van der Waals surface area contributed by atoms with Crippen LogP contribution in [0.4, 0.5) is 0 Å². The van der Waals surface area contributed by atoms with Crippen LogP contribution in [0.3, 0.4) is 0 Å². The molecule has 0 aromatic carbocycles. The van der Waals surface area contributed by atoms with E-state index in [0.717, 1.165) is 30.6 Å². The zero-order valence-electron chi connectivity index (χ0n) is 13.4. The highest BCUT2D eigenvalue weighted by Crippen LogP contribution is 2.28. The SMILES string of the molecule is CC(NC(=O)c1sccc1S(=O)(=O)N1CCCCC1)c1ccco1. The van der Waals surface area contributed by atoms with Gasteiger partial charge in [-0.3, -0.25) is 4.79 Å². The summed E-state index contributed by atoms with van der Waals surface area (Å²) in [7, 11) is -3.62. The lowest BCUT2D eigenvalue weighted by molar-refractivity contribution is 0.0936. The molecule has 1 fully saturated rings. The summed E-state index contributed by atoms with van der Waals surface area (Å²) in [6, 6.07) is 4.70. The summed E-state index contributed by atoms with van der Waals surface area (Å²) in [5.74, 6) is 0.227. The topological polar surface area (TPSA) is 79.6 Å². The minimum Gasteiger partial charge on any atom is -0.467 e. The van der Waals surface area contributed by atoms with Crippen LogP contribution in [-0.2, 0) is 10.0 Å². The third-order valence-electron chi connectivity index (χ3n) is 4.09. The maximum atomic E-state index is 12.8. The van der Waals surface area contributed by atoms with Crippen LogP contribution in [0, 0.1) is 0 Å². The number of nitrogens with one attached hydrogen (secondary N) is 1. The number of amides is 1. The maximum absolute atomic E-state index is 12.8. The van der Waals surface area contributed by atoms with Crippen molar-refractivity contribution in [1.82, 2.24) is 9.62 Å². The lowest BCUT2D eigenvalue weighted by Gasteiger charge is -2.25. The number of nitrogens with zero attached hydrogens (tertiary/aromatic N) is 1. The van der Waals surface area contributed by atoms with Crippen molar-refractivity contribution in [2.45, 2.75) is 37.1 Å². The van der Waals surface area contributed by atoms with E-state index in [9.17, 15) is 13.2 Å². The van der Waals surface area contributed by atoms with Gasteiger partial charge in [0.15, 0.2) is 0 Å². The zero-order valence-corrected chi connectivity index (χ0v) is 15.0. The Morgan fingerprint density at radius 2 is 2.04 bits per heavy atom. The normalized spacial score (nSPS) is 17.5. The minimum atomic E-state index is -3.62. The van der Waals surface area contributed by atoms with E-state index in [1.165, 1.54) is 16.6 Å². The van der Waals surface area contributed by atoms with E-state index in [0.29, 0.717) is 18.8 Å². The van der Waals surface area contributed by atoms with Crippen LogP contribution in [0.15, 0.2) is 39.2 Å². The average Bonchev–Trinajstić information content (AvgIpc) is 3.27. The average molecular weight is 368 g/mol. The molecule has 1 unspecified atom stereocenters. The van der Waals surface area contributed by atoms with Crippen molar-refractivity contribution < 1.29 is 17.6 Å². The smallest absolute Gasteiger partial charge is 0.263 e. The molecule has 1 saturated heterocycles. The second-order valence-electron chi connectivity index (χ2n) is 5.79. The molecule has 3 heterocycles. The fourth-order valence-corrected chi connectivity index (χ4v) is 5.60. The van der Waals surface area contributed by atoms with Gasteiger partial charge < -0.3 is 9.73 Å². The number of hydrogen-bond donors (Lipinski definition) is 1. The van der Waals surface area contributed by atoms with Crippen LogP contribution in [0.25, 0.3) is 0 Å². The Kier molecular flexibility index (Phi) is 5.07. The maximum Gasteiger partial charge on any atom is 0.263 e. The van der Waals surface area contributed by atoms with Crippen LogP contribution in [-0.4, -0.2) is 31.7 Å². The van der Waals surface area contributed by atoms with E-state index >= 15 is 0 Å². The van der Waals surface area contributed by atoms with Gasteiger partial charge in [0.25, 0.3) is 5.91 Å². The van der Waals surface area contributed by atoms with Crippen molar-refractivity contribution in [3.63, 3.8) is 0 Å². The zero-order chi connectivity index (χ0) is 17.2. The van der Waals surface area contributed by atoms with Gasteiger partial charge in [0, 0.05) is 13.1 Å². The Morgan fingerprint density at radius 1 is 1.29 bits per heavy atom. The van der Waals surface area contributed by atoms with Crippen molar-refractivity contribution in [2.75, 3.05) is 13.1 Å². The highest BCUT2D eigenvalue weighted by Gasteiger charge is 2.31. The van der Waals surface area contributed by atoms with E-state index in [-0.39, 0.29) is 15.8 Å². The predicted octanol–water partition coefficient (Wildman–Crippen LogP) is 3.01. The first kappa shape index (κ1) is 17.2. The van der Waals surface area contributed by atoms with Crippen LogP contribution < -0.4 is 5.32 Å². The van der Waals surface area contributed by atoms with Crippen LogP contribution in [0.5, 0.6) is 0 Å². The molecule has 1 amide bonds. The van der Waals surface area contributed by atoms with E-state index < -0.39 is 15.9 Å². The summed E-state index contributed by atoms with van der Waals surface area (Å²) in [4.78, 5) is 12.9. The first-order chi connectivity index (χ1) is 11.5. The molecular formula is C16H20N2O4S2. The molecule has 1 aliphatic heterocycles. The summed E-state index contributed by atoms with van der Waals surface area (Å²) < 4.78 is 32.4. The predicted molar refractivity (Wildman–Crippen MR) is 91.5 cm³/mol. The third-order valence-corrected chi connectivity index (χ3v) is 7.07. The quantitative estimate of drug-likeness (QED) is 0.880. The van der Waals surface area contributed by atoms with Gasteiger partial charge in [-0.1, -0.05) is 6.42 Å². The number of furan rings is 1. The van der Waals surface area contributed by atoms with Gasteiger partial charge in [-0.15, -0.1) is 11.3 Å². The van der Waals surface area contributed by atoms with Crippen LogP contribution in [0.1, 0.15) is 47.7 Å². The molecule has 130 valence electrons. The second kappa shape index (κ2) is 7.08. The fourth-order valence-electron chi connectivity index (χ4n) is 2.78. The minimum absolute atomic E-state index is 0.0959. The van der Waals surface area contributed by atoms with Gasteiger partial charge in [-0.2, -0.15) is 4.31 Å². The molecule has 0 spiro atoms. The standard InChI is InChI=1S/C16H20N2O4S2/c1-12(13-6-5-10-22-13)17-16(19)15-14(7-11-23-15)24(20,21)18-8-3-2-4-9-18/h5-7,10-12H,2-4,8-9H2,1H3,(H,17,19). The number of carbonyl (C=O) groups excluding carboxylic acids is 1. The molecule has 8 heteroatoms. The molecule has 0 aliphatic carbocycles. The van der Waals surface area contributed by atoms with Gasteiger partial charge >= 0.3 is 0 Å². The monoisotopic (exact) mass is 368 g/mol. The molecule has 2 aromatic heterocycles. The molecule has 24 heavy (non-hydrogen) atoms. The van der Waals surface area contributed by atoms with Crippen molar-refractivity contribution in [3.8, 4) is 0 Å². The third kappa shape index (κ3) is 3.40. The van der Waals surface area contributed by atoms with E-state index in [2.05, 4.69) is 5.32 Å². The van der Waals surface area contributed by atoms with E-state index in [1.54, 1.807) is 24.4 Å². The first-order valence-electron chi connectivity index (χ1n) is 7.92. The van der Waals surface area contributed by atoms with E-state index in [4.69, 9.17) is 4.42 Å². The van der Waals surface area contributed by atoms with Gasteiger partial charge in [0.1, 0.15) is 15.5 Å². The number of rotatable bonds is 5. The fraction of sp³-hybridized carbons (Fsp3) is 0.438. The molecule has 1 atom stereocenters. The van der Waals surface area contributed by atoms with Crippen LogP contribution in [0.2, 0.25) is 0 Å². The number of thiophene rings is 1. The van der Waals surface area contributed by atoms with Gasteiger partial charge in [0.2, 0.25) is 10.0 Å². The summed E-state index contributed by atoms with van der Waals surface area (Å²) >= 11 is 1.14. The molecule has 1 aliphatic rings. The Bertz CT molecular complexity index is 790. The Balaban J connectivity index is 1.80. The first-order valence-corrected chi connectivity index (χ1v) is 10.2. The van der Waals surface area contributed by atoms with Crippen molar-refractivity contribution in [2.24, 2.45) is 0 Å². The molecule has 2 aromatic rings. The second-order valence-corrected chi connectivity index (χ2v) is 8.61. The lowest BCUT2D eigenvalue weighted by atomic mass is 10.2. The molecule has 0 radical (unpaired) electrons. The number of sulfonamides is 1. The summed E-state index contributed by atoms with van der Waals surface area (Å²) in [5.41, 5.74) is 0. The van der Waals surface area contributed by atoms with Crippen molar-refractivity contribution in [3.05, 3.63) is 40.5 Å².